The van der Waals surface area contributed by atoms with Crippen LogP contribution in [0.15, 0.2) is 0 Å². The van der Waals surface area contributed by atoms with Gasteiger partial charge in [-0.1, -0.05) is 0 Å². The van der Waals surface area contributed by atoms with Gasteiger partial charge < -0.3 is 9.84 Å². The van der Waals surface area contributed by atoms with Crippen LogP contribution in [0.3, 0.4) is 0 Å². The summed E-state index contributed by atoms with van der Waals surface area (Å²) in [6.07, 6.45) is 1.55. The van der Waals surface area contributed by atoms with Gasteiger partial charge in [-0.3, -0.25) is 0 Å². The Labute approximate surface area is 73.9 Å². The van der Waals surface area contributed by atoms with Crippen LogP contribution in [0.5, 0.6) is 0 Å². The summed E-state index contributed by atoms with van der Waals surface area (Å²) in [5, 5.41) is 9.62. The minimum Gasteiger partial charge on any atom is -0.392 e. The molecule has 2 nitrogen and oxygen atoms in total. The van der Waals surface area contributed by atoms with Crippen LogP contribution in [0.2, 0.25) is 0 Å². The predicted octanol–water partition coefficient (Wildman–Crippen LogP) is 1.19. The first-order valence-corrected chi connectivity index (χ1v) is 4.43. The lowest BCUT2D eigenvalue weighted by atomic mass is 9.97. The standard InChI is InChI=1S/C10H16O2/c1-3-4-5-10(11)9-6-8(2)12-7-9/h8-11H,5-7H2,1-2H3. The van der Waals surface area contributed by atoms with E-state index in [1.54, 1.807) is 6.92 Å². The van der Waals surface area contributed by atoms with Gasteiger partial charge in [0.2, 0.25) is 0 Å². The summed E-state index contributed by atoms with van der Waals surface area (Å²) in [6, 6.07) is 0. The maximum Gasteiger partial charge on any atom is 0.0700 e. The summed E-state index contributed by atoms with van der Waals surface area (Å²) in [6.45, 7) is 4.52. The molecular formula is C10H16O2. The van der Waals surface area contributed by atoms with Crippen molar-refractivity contribution in [2.24, 2.45) is 5.92 Å². The molecule has 0 radical (unpaired) electrons. The summed E-state index contributed by atoms with van der Waals surface area (Å²) >= 11 is 0. The number of hydrogen-bond donors (Lipinski definition) is 1. The average Bonchev–Trinajstić information content (AvgIpc) is 2.47. The molecule has 1 heterocycles. The second kappa shape index (κ2) is 4.49. The fraction of sp³-hybridized carbons (Fsp3) is 0.800. The van der Waals surface area contributed by atoms with Crippen LogP contribution in [-0.2, 0) is 4.74 Å². The first kappa shape index (κ1) is 9.57. The third-order valence-electron chi connectivity index (χ3n) is 2.26. The predicted molar refractivity (Wildman–Crippen MR) is 47.6 cm³/mol. The topological polar surface area (TPSA) is 29.5 Å². The van der Waals surface area contributed by atoms with Gasteiger partial charge in [0.05, 0.1) is 18.8 Å². The number of hydrogen-bond acceptors (Lipinski definition) is 2. The quantitative estimate of drug-likeness (QED) is 0.627. The van der Waals surface area contributed by atoms with Crippen molar-refractivity contribution in [1.82, 2.24) is 0 Å². The van der Waals surface area contributed by atoms with Crippen molar-refractivity contribution >= 4 is 0 Å². The van der Waals surface area contributed by atoms with E-state index in [4.69, 9.17) is 4.74 Å². The molecule has 0 aromatic heterocycles. The van der Waals surface area contributed by atoms with Crippen LogP contribution in [0.25, 0.3) is 0 Å². The molecule has 3 unspecified atom stereocenters. The van der Waals surface area contributed by atoms with Gasteiger partial charge in [0.25, 0.3) is 0 Å². The van der Waals surface area contributed by atoms with Crippen LogP contribution < -0.4 is 0 Å². The molecule has 1 fully saturated rings. The highest BCUT2D eigenvalue weighted by Gasteiger charge is 2.27. The maximum absolute atomic E-state index is 9.62. The minimum absolute atomic E-state index is 0.292. The van der Waals surface area contributed by atoms with Crippen LogP contribution >= 0.6 is 0 Å². The molecule has 0 spiro atoms. The maximum atomic E-state index is 9.62. The van der Waals surface area contributed by atoms with Crippen molar-refractivity contribution in [3.63, 3.8) is 0 Å². The zero-order chi connectivity index (χ0) is 8.97. The molecule has 12 heavy (non-hydrogen) atoms. The van der Waals surface area contributed by atoms with Gasteiger partial charge in [-0.2, -0.15) is 0 Å². The molecule has 2 heteroatoms. The molecule has 68 valence electrons. The molecule has 1 aliphatic heterocycles. The van der Waals surface area contributed by atoms with Gasteiger partial charge >= 0.3 is 0 Å². The van der Waals surface area contributed by atoms with E-state index in [9.17, 15) is 5.11 Å². The van der Waals surface area contributed by atoms with E-state index in [1.165, 1.54) is 0 Å². The lowest BCUT2D eigenvalue weighted by Crippen LogP contribution is -2.19. The molecule has 0 aromatic carbocycles. The molecule has 0 aromatic rings. The van der Waals surface area contributed by atoms with E-state index in [0.29, 0.717) is 25.0 Å². The number of aliphatic hydroxyl groups excluding tert-OH is 1. The fourth-order valence-corrected chi connectivity index (χ4v) is 1.49. The molecule has 1 N–H and O–H groups in total. The Morgan fingerprint density at radius 1 is 1.67 bits per heavy atom. The Morgan fingerprint density at radius 2 is 2.42 bits per heavy atom. The smallest absolute Gasteiger partial charge is 0.0700 e. The van der Waals surface area contributed by atoms with E-state index in [0.717, 1.165) is 6.42 Å². The van der Waals surface area contributed by atoms with Crippen molar-refractivity contribution < 1.29 is 9.84 Å². The fourth-order valence-electron chi connectivity index (χ4n) is 1.49. The zero-order valence-electron chi connectivity index (χ0n) is 7.71. The van der Waals surface area contributed by atoms with Gasteiger partial charge in [-0.25, -0.2) is 0 Å². The van der Waals surface area contributed by atoms with Gasteiger partial charge in [0.1, 0.15) is 0 Å². The van der Waals surface area contributed by atoms with E-state index < -0.39 is 0 Å². The van der Waals surface area contributed by atoms with E-state index in [2.05, 4.69) is 11.8 Å². The van der Waals surface area contributed by atoms with E-state index in [1.807, 2.05) is 6.92 Å². The highest BCUT2D eigenvalue weighted by atomic mass is 16.5. The summed E-state index contributed by atoms with van der Waals surface area (Å²) < 4.78 is 5.36. The largest absolute Gasteiger partial charge is 0.392 e. The number of aliphatic hydroxyl groups is 1. The molecule has 3 atom stereocenters. The van der Waals surface area contributed by atoms with Gasteiger partial charge in [-0.15, -0.1) is 11.8 Å². The Morgan fingerprint density at radius 3 is 2.92 bits per heavy atom. The van der Waals surface area contributed by atoms with Crippen molar-refractivity contribution in [2.45, 2.75) is 38.9 Å². The summed E-state index contributed by atoms with van der Waals surface area (Å²) in [5.41, 5.74) is 0. The number of rotatable bonds is 2. The highest BCUT2D eigenvalue weighted by molar-refractivity contribution is 4.98. The molecular weight excluding hydrogens is 152 g/mol. The van der Waals surface area contributed by atoms with Crippen molar-refractivity contribution in [3.05, 3.63) is 0 Å². The molecule has 0 bridgehead atoms. The van der Waals surface area contributed by atoms with Crippen molar-refractivity contribution in [3.8, 4) is 11.8 Å². The van der Waals surface area contributed by atoms with Crippen molar-refractivity contribution in [1.29, 1.82) is 0 Å². The van der Waals surface area contributed by atoms with E-state index >= 15 is 0 Å². The molecule has 0 saturated carbocycles. The third kappa shape index (κ3) is 2.51. The van der Waals surface area contributed by atoms with Gasteiger partial charge in [0, 0.05) is 12.3 Å². The monoisotopic (exact) mass is 168 g/mol. The lowest BCUT2D eigenvalue weighted by Gasteiger charge is -2.12. The highest BCUT2D eigenvalue weighted by Crippen LogP contribution is 2.23. The normalized spacial score (nSPS) is 30.9. The second-order valence-corrected chi connectivity index (χ2v) is 3.34. The molecule has 0 amide bonds. The third-order valence-corrected chi connectivity index (χ3v) is 2.26. The summed E-state index contributed by atoms with van der Waals surface area (Å²) in [7, 11) is 0. The van der Waals surface area contributed by atoms with Crippen LogP contribution in [0.1, 0.15) is 26.7 Å². The Balaban J connectivity index is 2.31. The summed E-state index contributed by atoms with van der Waals surface area (Å²) in [4.78, 5) is 0. The second-order valence-electron chi connectivity index (χ2n) is 3.34. The van der Waals surface area contributed by atoms with Crippen molar-refractivity contribution in [2.75, 3.05) is 6.61 Å². The number of ether oxygens (including phenoxy) is 1. The molecule has 0 aliphatic carbocycles. The Kier molecular flexibility index (Phi) is 3.58. The SMILES string of the molecule is CC#CCC(O)C1COC(C)C1. The van der Waals surface area contributed by atoms with Gasteiger partial charge in [-0.05, 0) is 20.3 Å². The van der Waals surface area contributed by atoms with E-state index in [-0.39, 0.29) is 6.10 Å². The van der Waals surface area contributed by atoms with Crippen LogP contribution in [-0.4, -0.2) is 23.9 Å². The first-order chi connectivity index (χ1) is 5.74. The van der Waals surface area contributed by atoms with Gasteiger partial charge in [0.15, 0.2) is 0 Å². The Hall–Kier alpha value is -0.520. The summed E-state index contributed by atoms with van der Waals surface area (Å²) in [5.74, 6) is 5.96. The molecule has 1 aliphatic rings. The Bertz CT molecular complexity index is 190. The molecule has 1 saturated heterocycles. The average molecular weight is 168 g/mol. The first-order valence-electron chi connectivity index (χ1n) is 4.43. The minimum atomic E-state index is -0.303. The molecule has 1 rings (SSSR count). The lowest BCUT2D eigenvalue weighted by molar-refractivity contribution is 0.0831. The van der Waals surface area contributed by atoms with Crippen LogP contribution in [0, 0.1) is 17.8 Å². The zero-order valence-corrected chi connectivity index (χ0v) is 7.71. The van der Waals surface area contributed by atoms with Crippen LogP contribution in [0.4, 0.5) is 0 Å².